The Labute approximate surface area is 154 Å². The van der Waals surface area contributed by atoms with Crippen molar-refractivity contribution in [2.45, 2.75) is 6.92 Å². The number of anilines is 3. The highest BCUT2D eigenvalue weighted by Gasteiger charge is 2.19. The Morgan fingerprint density at radius 3 is 2.81 bits per heavy atom. The summed E-state index contributed by atoms with van der Waals surface area (Å²) in [6, 6.07) is 8.67. The summed E-state index contributed by atoms with van der Waals surface area (Å²) in [5.74, 6) is 1.91. The zero-order valence-electron chi connectivity index (χ0n) is 14.7. The molecule has 0 aliphatic heterocycles. The first-order chi connectivity index (χ1) is 13.1. The van der Waals surface area contributed by atoms with E-state index in [0.29, 0.717) is 34.7 Å². The van der Waals surface area contributed by atoms with Crippen LogP contribution in [-0.4, -0.2) is 42.2 Å². The number of rotatable bonds is 3. The lowest BCUT2D eigenvalue weighted by Crippen LogP contribution is -2.26. The van der Waals surface area contributed by atoms with E-state index in [0.717, 1.165) is 5.65 Å². The lowest BCUT2D eigenvalue weighted by Gasteiger charge is -2.09. The Kier molecular flexibility index (Phi) is 3.92. The average Bonchev–Trinajstić information content (AvgIpc) is 3.24. The molecule has 0 aliphatic rings. The monoisotopic (exact) mass is 363 g/mol. The number of amides is 1. The van der Waals surface area contributed by atoms with Crippen LogP contribution in [0.5, 0.6) is 0 Å². The number of nitrogens with one attached hydrogen (secondary N) is 2. The van der Waals surface area contributed by atoms with E-state index < -0.39 is 0 Å². The Balaban J connectivity index is 1.89. The Morgan fingerprint density at radius 2 is 2.04 bits per heavy atom. The number of aryl methyl sites for hydroxylation is 1. The number of carbonyl (C=O) groups excluding carboxylic acids is 1. The molecule has 4 aromatic rings. The third-order valence-corrected chi connectivity index (χ3v) is 3.93. The molecule has 0 unspecified atom stereocenters. The third-order valence-electron chi connectivity index (χ3n) is 3.93. The van der Waals surface area contributed by atoms with Crippen LogP contribution in [0.3, 0.4) is 0 Å². The summed E-state index contributed by atoms with van der Waals surface area (Å²) < 4.78 is 3.11. The van der Waals surface area contributed by atoms with Crippen LogP contribution in [0.1, 0.15) is 5.82 Å². The summed E-state index contributed by atoms with van der Waals surface area (Å²) in [4.78, 5) is 25.2. The van der Waals surface area contributed by atoms with Crippen molar-refractivity contribution in [2.75, 3.05) is 18.1 Å². The SMILES string of the molecule is CNC(=O)n1nccc1Nc1nc2ccccn2c1-c1cc(N)nc(C)n1. The van der Waals surface area contributed by atoms with E-state index in [-0.39, 0.29) is 6.03 Å². The zero-order chi connectivity index (χ0) is 19.0. The molecule has 1 amide bonds. The number of carbonyl (C=O) groups is 1. The van der Waals surface area contributed by atoms with Crippen molar-refractivity contribution in [3.63, 3.8) is 0 Å². The van der Waals surface area contributed by atoms with Gasteiger partial charge in [0.15, 0.2) is 5.82 Å². The van der Waals surface area contributed by atoms with Gasteiger partial charge in [-0.15, -0.1) is 0 Å². The first-order valence-electron chi connectivity index (χ1n) is 8.18. The van der Waals surface area contributed by atoms with Crippen LogP contribution in [0.4, 0.5) is 22.2 Å². The molecule has 10 nitrogen and oxygen atoms in total. The van der Waals surface area contributed by atoms with Crippen molar-refractivity contribution in [1.29, 1.82) is 0 Å². The van der Waals surface area contributed by atoms with Gasteiger partial charge < -0.3 is 16.4 Å². The second kappa shape index (κ2) is 6.41. The van der Waals surface area contributed by atoms with Gasteiger partial charge in [0.05, 0.1) is 11.9 Å². The maximum Gasteiger partial charge on any atom is 0.343 e. The molecule has 0 spiro atoms. The van der Waals surface area contributed by atoms with Gasteiger partial charge in [-0.25, -0.2) is 19.7 Å². The maximum absolute atomic E-state index is 12.0. The minimum Gasteiger partial charge on any atom is -0.384 e. The molecule has 0 aromatic carbocycles. The summed E-state index contributed by atoms with van der Waals surface area (Å²) in [6.07, 6.45) is 3.41. The van der Waals surface area contributed by atoms with Crippen LogP contribution in [0.2, 0.25) is 0 Å². The zero-order valence-corrected chi connectivity index (χ0v) is 14.7. The van der Waals surface area contributed by atoms with E-state index in [2.05, 4.69) is 30.7 Å². The lowest BCUT2D eigenvalue weighted by atomic mass is 10.2. The molecule has 4 N–H and O–H groups in total. The first-order valence-corrected chi connectivity index (χ1v) is 8.18. The fourth-order valence-corrected chi connectivity index (χ4v) is 2.83. The van der Waals surface area contributed by atoms with Gasteiger partial charge in [-0.1, -0.05) is 6.07 Å². The topological polar surface area (TPSA) is 128 Å². The lowest BCUT2D eigenvalue weighted by molar-refractivity contribution is 0.242. The van der Waals surface area contributed by atoms with E-state index in [4.69, 9.17) is 5.73 Å². The van der Waals surface area contributed by atoms with E-state index in [1.165, 1.54) is 17.9 Å². The number of nitrogens with zero attached hydrogens (tertiary/aromatic N) is 6. The molecule has 0 fully saturated rings. The molecule has 136 valence electrons. The van der Waals surface area contributed by atoms with Crippen molar-refractivity contribution >= 4 is 29.1 Å². The highest BCUT2D eigenvalue weighted by Crippen LogP contribution is 2.30. The maximum atomic E-state index is 12.0. The Morgan fingerprint density at radius 1 is 1.19 bits per heavy atom. The average molecular weight is 363 g/mol. The van der Waals surface area contributed by atoms with Gasteiger partial charge in [-0.2, -0.15) is 9.78 Å². The van der Waals surface area contributed by atoms with Gasteiger partial charge >= 0.3 is 6.03 Å². The molecule has 0 aliphatic carbocycles. The van der Waals surface area contributed by atoms with Gasteiger partial charge in [-0.3, -0.25) is 4.40 Å². The number of nitrogens with two attached hydrogens (primary N) is 1. The van der Waals surface area contributed by atoms with Gasteiger partial charge in [-0.05, 0) is 19.1 Å². The van der Waals surface area contributed by atoms with E-state index in [1.54, 1.807) is 19.1 Å². The second-order valence-corrected chi connectivity index (χ2v) is 5.77. The van der Waals surface area contributed by atoms with E-state index in [1.807, 2.05) is 28.8 Å². The summed E-state index contributed by atoms with van der Waals surface area (Å²) >= 11 is 0. The van der Waals surface area contributed by atoms with Crippen LogP contribution < -0.4 is 16.4 Å². The van der Waals surface area contributed by atoms with Gasteiger partial charge in [0.1, 0.15) is 28.8 Å². The van der Waals surface area contributed by atoms with E-state index in [9.17, 15) is 4.79 Å². The standard InChI is InChI=1S/C17H17N9O/c1-10-21-11(9-12(18)22-10)15-16(23-13-5-3-4-8-25(13)15)24-14-6-7-20-26(14)17(27)19-2/h3-9,24H,1-2H3,(H,19,27)(H2,18,21,22). The van der Waals surface area contributed by atoms with Crippen LogP contribution in [-0.2, 0) is 0 Å². The normalized spacial score (nSPS) is 10.9. The fraction of sp³-hybridized carbons (Fsp3) is 0.118. The smallest absolute Gasteiger partial charge is 0.343 e. The second-order valence-electron chi connectivity index (χ2n) is 5.77. The molecule has 4 heterocycles. The van der Waals surface area contributed by atoms with Crippen LogP contribution in [0, 0.1) is 6.92 Å². The third kappa shape index (κ3) is 2.92. The molecule has 0 saturated carbocycles. The molecule has 0 atom stereocenters. The molecular weight excluding hydrogens is 346 g/mol. The van der Waals surface area contributed by atoms with Crippen molar-refractivity contribution in [3.05, 3.63) is 48.5 Å². The highest BCUT2D eigenvalue weighted by molar-refractivity contribution is 5.83. The number of pyridine rings is 1. The Bertz CT molecular complexity index is 1120. The molecule has 27 heavy (non-hydrogen) atoms. The van der Waals surface area contributed by atoms with Crippen molar-refractivity contribution in [1.82, 2.24) is 34.4 Å². The number of nitrogen functional groups attached to an aromatic ring is 1. The van der Waals surface area contributed by atoms with Crippen LogP contribution >= 0.6 is 0 Å². The highest BCUT2D eigenvalue weighted by atomic mass is 16.2. The van der Waals surface area contributed by atoms with Gasteiger partial charge in [0, 0.05) is 25.4 Å². The molecule has 0 saturated heterocycles. The minimum absolute atomic E-state index is 0.365. The van der Waals surface area contributed by atoms with Gasteiger partial charge in [0.2, 0.25) is 0 Å². The summed E-state index contributed by atoms with van der Waals surface area (Å²) in [6.45, 7) is 1.77. The van der Waals surface area contributed by atoms with E-state index >= 15 is 0 Å². The van der Waals surface area contributed by atoms with Crippen molar-refractivity contribution < 1.29 is 4.79 Å². The summed E-state index contributed by atoms with van der Waals surface area (Å²) in [5, 5.41) is 9.74. The summed E-state index contributed by atoms with van der Waals surface area (Å²) in [5.41, 5.74) is 7.95. The molecule has 0 bridgehead atoms. The Hall–Kier alpha value is -3.95. The van der Waals surface area contributed by atoms with Crippen LogP contribution in [0.25, 0.3) is 17.0 Å². The number of imidazole rings is 1. The predicted octanol–water partition coefficient (Wildman–Crippen LogP) is 1.81. The number of fused-ring (bicyclic) bond motifs is 1. The first kappa shape index (κ1) is 16.5. The molecule has 4 rings (SSSR count). The van der Waals surface area contributed by atoms with Gasteiger partial charge in [0.25, 0.3) is 0 Å². The van der Waals surface area contributed by atoms with Crippen molar-refractivity contribution in [2.24, 2.45) is 0 Å². The largest absolute Gasteiger partial charge is 0.384 e. The fourth-order valence-electron chi connectivity index (χ4n) is 2.83. The minimum atomic E-state index is -0.366. The van der Waals surface area contributed by atoms with Crippen molar-refractivity contribution in [3.8, 4) is 11.4 Å². The molecule has 10 heteroatoms. The number of aromatic nitrogens is 6. The quantitative estimate of drug-likeness (QED) is 0.506. The summed E-state index contributed by atoms with van der Waals surface area (Å²) in [7, 11) is 1.54. The number of hydrogen-bond acceptors (Lipinski definition) is 7. The predicted molar refractivity (Wildman–Crippen MR) is 101 cm³/mol. The number of hydrogen-bond donors (Lipinski definition) is 3. The molecule has 0 radical (unpaired) electrons. The molecular formula is C17H17N9O. The van der Waals surface area contributed by atoms with Crippen LogP contribution in [0.15, 0.2) is 42.7 Å². The molecule has 4 aromatic heterocycles.